The van der Waals surface area contributed by atoms with Crippen molar-refractivity contribution >= 4 is 17.5 Å². The summed E-state index contributed by atoms with van der Waals surface area (Å²) in [5.41, 5.74) is 0.764. The van der Waals surface area contributed by atoms with E-state index >= 15 is 0 Å². The first-order valence-corrected chi connectivity index (χ1v) is 8.53. The minimum atomic E-state index is -0.0186. The average molecular weight is 333 g/mol. The van der Waals surface area contributed by atoms with E-state index in [1.807, 2.05) is 36.1 Å². The predicted octanol–water partition coefficient (Wildman–Crippen LogP) is 2.01. The molecule has 0 saturated carbocycles. The molecule has 0 bridgehead atoms. The smallest absolute Gasteiger partial charge is 0.225 e. The van der Waals surface area contributed by atoms with Crippen LogP contribution in [0.3, 0.4) is 0 Å². The topological polar surface area (TPSA) is 70.7 Å². The van der Waals surface area contributed by atoms with Gasteiger partial charge in [-0.05, 0) is 50.6 Å². The summed E-state index contributed by atoms with van der Waals surface area (Å²) in [5.74, 6) is 1.01. The van der Waals surface area contributed by atoms with Gasteiger partial charge in [0.25, 0.3) is 0 Å². The van der Waals surface area contributed by atoms with Crippen molar-refractivity contribution in [2.75, 3.05) is 32.1 Å². The Labute approximate surface area is 143 Å². The number of methoxy groups -OCH3 is 1. The summed E-state index contributed by atoms with van der Waals surface area (Å²) >= 11 is 0. The molecule has 1 aromatic carbocycles. The van der Waals surface area contributed by atoms with E-state index in [1.165, 1.54) is 0 Å². The van der Waals surface area contributed by atoms with Crippen LogP contribution in [0.4, 0.5) is 5.69 Å². The molecule has 0 aliphatic carbocycles. The van der Waals surface area contributed by atoms with E-state index < -0.39 is 0 Å². The van der Waals surface area contributed by atoms with Crippen molar-refractivity contribution in [3.05, 3.63) is 24.3 Å². The highest BCUT2D eigenvalue weighted by Gasteiger charge is 2.19. The Morgan fingerprint density at radius 3 is 2.71 bits per heavy atom. The number of rotatable bonds is 9. The molecule has 6 nitrogen and oxygen atoms in total. The number of ether oxygens (including phenoxy) is 1. The molecule has 2 amide bonds. The molecule has 0 spiro atoms. The zero-order valence-electron chi connectivity index (χ0n) is 14.5. The van der Waals surface area contributed by atoms with Crippen molar-refractivity contribution in [1.82, 2.24) is 10.2 Å². The zero-order valence-corrected chi connectivity index (χ0v) is 14.5. The van der Waals surface area contributed by atoms with Crippen molar-refractivity contribution < 1.29 is 14.3 Å². The molecule has 1 heterocycles. The van der Waals surface area contributed by atoms with Gasteiger partial charge in [-0.2, -0.15) is 0 Å². The van der Waals surface area contributed by atoms with Crippen LogP contribution in [0.2, 0.25) is 0 Å². The number of carbonyl (C=O) groups excluding carboxylic acids is 2. The van der Waals surface area contributed by atoms with Gasteiger partial charge in [0.05, 0.1) is 7.11 Å². The minimum Gasteiger partial charge on any atom is -0.497 e. The summed E-state index contributed by atoms with van der Waals surface area (Å²) in [6, 6.07) is 7.37. The van der Waals surface area contributed by atoms with Gasteiger partial charge in [0.2, 0.25) is 11.8 Å². The molecule has 1 fully saturated rings. The maximum absolute atomic E-state index is 12.0. The lowest BCUT2D eigenvalue weighted by Gasteiger charge is -2.17. The van der Waals surface area contributed by atoms with E-state index in [9.17, 15) is 9.59 Å². The van der Waals surface area contributed by atoms with Crippen LogP contribution in [0.15, 0.2) is 24.3 Å². The summed E-state index contributed by atoms with van der Waals surface area (Å²) in [6.45, 7) is 4.49. The molecule has 0 unspecified atom stereocenters. The first kappa shape index (κ1) is 18.3. The highest BCUT2D eigenvalue weighted by atomic mass is 16.5. The van der Waals surface area contributed by atoms with Crippen molar-refractivity contribution in [3.8, 4) is 5.75 Å². The van der Waals surface area contributed by atoms with E-state index in [1.54, 1.807) is 7.11 Å². The summed E-state index contributed by atoms with van der Waals surface area (Å²) in [6.07, 6.45) is 2.99. The molecule has 132 valence electrons. The molecule has 6 heteroatoms. The first-order valence-electron chi connectivity index (χ1n) is 8.53. The second-order valence-corrected chi connectivity index (χ2v) is 6.17. The molecule has 1 saturated heterocycles. The Morgan fingerprint density at radius 2 is 2.08 bits per heavy atom. The number of hydrogen-bond donors (Lipinski definition) is 2. The molecular weight excluding hydrogens is 306 g/mol. The zero-order chi connectivity index (χ0) is 17.4. The average Bonchev–Trinajstić information content (AvgIpc) is 2.97. The molecule has 2 rings (SSSR count). The highest BCUT2D eigenvalue weighted by Crippen LogP contribution is 2.15. The van der Waals surface area contributed by atoms with E-state index in [0.717, 1.165) is 43.9 Å². The Balaban J connectivity index is 1.61. The van der Waals surface area contributed by atoms with E-state index in [0.29, 0.717) is 12.8 Å². The van der Waals surface area contributed by atoms with Crippen LogP contribution < -0.4 is 15.4 Å². The fourth-order valence-electron chi connectivity index (χ4n) is 2.80. The number of nitrogens with one attached hydrogen (secondary N) is 2. The van der Waals surface area contributed by atoms with Gasteiger partial charge in [-0.15, -0.1) is 0 Å². The summed E-state index contributed by atoms with van der Waals surface area (Å²) < 4.78 is 5.09. The number of carbonyl (C=O) groups is 2. The van der Waals surface area contributed by atoms with Crippen LogP contribution in [0, 0.1) is 0 Å². The maximum atomic E-state index is 12.0. The Kier molecular flexibility index (Phi) is 7.06. The van der Waals surface area contributed by atoms with Crippen LogP contribution in [-0.4, -0.2) is 49.5 Å². The third-order valence-electron chi connectivity index (χ3n) is 4.13. The van der Waals surface area contributed by atoms with Crippen molar-refractivity contribution in [2.24, 2.45) is 0 Å². The number of amides is 2. The number of anilines is 1. The second kappa shape index (κ2) is 9.27. The normalized spacial score (nSPS) is 15.4. The van der Waals surface area contributed by atoms with E-state index in [-0.39, 0.29) is 17.9 Å². The van der Waals surface area contributed by atoms with Crippen molar-refractivity contribution in [3.63, 3.8) is 0 Å². The Bertz CT molecular complexity index is 545. The summed E-state index contributed by atoms with van der Waals surface area (Å²) in [7, 11) is 1.61. The number of nitrogens with zero attached hydrogens (tertiary/aromatic N) is 1. The van der Waals surface area contributed by atoms with Crippen LogP contribution in [-0.2, 0) is 9.59 Å². The van der Waals surface area contributed by atoms with Crippen molar-refractivity contribution in [2.45, 2.75) is 38.6 Å². The lowest BCUT2D eigenvalue weighted by Crippen LogP contribution is -2.33. The van der Waals surface area contributed by atoms with Crippen LogP contribution in [0.25, 0.3) is 0 Å². The van der Waals surface area contributed by atoms with Gasteiger partial charge in [0.1, 0.15) is 5.75 Å². The molecule has 1 aromatic rings. The maximum Gasteiger partial charge on any atom is 0.225 e. The van der Waals surface area contributed by atoms with Gasteiger partial charge >= 0.3 is 0 Å². The highest BCUT2D eigenvalue weighted by molar-refractivity contribution is 5.91. The first-order chi connectivity index (χ1) is 11.6. The van der Waals surface area contributed by atoms with Gasteiger partial charge in [0, 0.05) is 37.7 Å². The van der Waals surface area contributed by atoms with Crippen LogP contribution >= 0.6 is 0 Å². The lowest BCUT2D eigenvalue weighted by atomic mass is 10.2. The van der Waals surface area contributed by atoms with Gasteiger partial charge in [-0.25, -0.2) is 0 Å². The standard InChI is InChI=1S/C18H27N3O3/c1-14(19-10-4-12-21-11-3-5-18(21)23)13-17(22)20-15-6-8-16(24-2)9-7-15/h6-9,14,19H,3-5,10-13H2,1-2H3,(H,20,22)/t14-/m1/s1. The van der Waals surface area contributed by atoms with E-state index in [2.05, 4.69) is 10.6 Å². The molecule has 2 N–H and O–H groups in total. The van der Waals surface area contributed by atoms with Crippen LogP contribution in [0.1, 0.15) is 32.6 Å². The fraction of sp³-hybridized carbons (Fsp3) is 0.556. The van der Waals surface area contributed by atoms with E-state index in [4.69, 9.17) is 4.74 Å². The fourth-order valence-corrected chi connectivity index (χ4v) is 2.80. The Morgan fingerprint density at radius 1 is 1.33 bits per heavy atom. The predicted molar refractivity (Wildman–Crippen MR) is 94.1 cm³/mol. The van der Waals surface area contributed by atoms with Gasteiger partial charge in [0.15, 0.2) is 0 Å². The summed E-state index contributed by atoms with van der Waals surface area (Å²) in [4.78, 5) is 25.5. The van der Waals surface area contributed by atoms with Gasteiger partial charge < -0.3 is 20.3 Å². The second-order valence-electron chi connectivity index (χ2n) is 6.17. The Hall–Kier alpha value is -2.08. The monoisotopic (exact) mass is 333 g/mol. The third kappa shape index (κ3) is 5.85. The molecule has 0 radical (unpaired) electrons. The quantitative estimate of drug-likeness (QED) is 0.678. The molecule has 24 heavy (non-hydrogen) atoms. The number of benzene rings is 1. The minimum absolute atomic E-state index is 0.0186. The van der Waals surface area contributed by atoms with Crippen molar-refractivity contribution in [1.29, 1.82) is 0 Å². The lowest BCUT2D eigenvalue weighted by molar-refractivity contribution is -0.127. The van der Waals surface area contributed by atoms with Gasteiger partial charge in [-0.1, -0.05) is 0 Å². The molecule has 1 aliphatic heterocycles. The largest absolute Gasteiger partial charge is 0.497 e. The van der Waals surface area contributed by atoms with Gasteiger partial charge in [-0.3, -0.25) is 9.59 Å². The molecule has 1 aliphatic rings. The SMILES string of the molecule is COc1ccc(NC(=O)C[C@@H](C)NCCCN2CCCC2=O)cc1. The number of likely N-dealkylation sites (tertiary alicyclic amines) is 1. The third-order valence-corrected chi connectivity index (χ3v) is 4.13. The molecule has 0 aromatic heterocycles. The molecule has 1 atom stereocenters. The summed E-state index contributed by atoms with van der Waals surface area (Å²) in [5, 5.41) is 6.22. The van der Waals surface area contributed by atoms with Crippen LogP contribution in [0.5, 0.6) is 5.75 Å². The number of hydrogen-bond acceptors (Lipinski definition) is 4. The molecular formula is C18H27N3O3.